The molecule has 2 heterocycles. The van der Waals surface area contributed by atoms with Crippen molar-refractivity contribution in [3.8, 4) is 0 Å². The molecule has 4 rings (SSSR count). The van der Waals surface area contributed by atoms with Crippen molar-refractivity contribution < 1.29 is 17.6 Å². The van der Waals surface area contributed by atoms with Crippen molar-refractivity contribution in [2.24, 2.45) is 0 Å². The molecular weight excluding hydrogens is 426 g/mol. The minimum Gasteiger partial charge on any atom is -0.468 e. The molecule has 3 aromatic rings. The zero-order valence-corrected chi connectivity index (χ0v) is 19.1. The highest BCUT2D eigenvalue weighted by Crippen LogP contribution is 2.24. The van der Waals surface area contributed by atoms with Crippen molar-refractivity contribution in [3.63, 3.8) is 0 Å². The van der Waals surface area contributed by atoms with Crippen LogP contribution in [0.5, 0.6) is 0 Å². The molecule has 0 unspecified atom stereocenters. The Morgan fingerprint density at radius 1 is 0.969 bits per heavy atom. The summed E-state index contributed by atoms with van der Waals surface area (Å²) < 4.78 is 32.6. The van der Waals surface area contributed by atoms with E-state index in [0.717, 1.165) is 13.1 Å². The second-order valence-electron chi connectivity index (χ2n) is 7.93. The number of anilines is 1. The summed E-state index contributed by atoms with van der Waals surface area (Å²) in [7, 11) is -3.69. The van der Waals surface area contributed by atoms with Crippen molar-refractivity contribution >= 4 is 21.6 Å². The number of furan rings is 1. The lowest BCUT2D eigenvalue weighted by atomic mass is 10.1. The molecule has 0 saturated carbocycles. The van der Waals surface area contributed by atoms with Crippen molar-refractivity contribution in [1.82, 2.24) is 9.62 Å². The van der Waals surface area contributed by atoms with Crippen LogP contribution in [0.1, 0.15) is 27.2 Å². The Hall–Kier alpha value is -3.10. The summed E-state index contributed by atoms with van der Waals surface area (Å²) in [4.78, 5) is 17.2. The van der Waals surface area contributed by atoms with Crippen LogP contribution in [0.2, 0.25) is 0 Å². The van der Waals surface area contributed by atoms with Crippen LogP contribution >= 0.6 is 0 Å². The van der Waals surface area contributed by atoms with E-state index in [1.165, 1.54) is 35.2 Å². The van der Waals surface area contributed by atoms with Crippen LogP contribution in [-0.2, 0) is 16.6 Å². The summed E-state index contributed by atoms with van der Waals surface area (Å²) >= 11 is 0. The summed E-state index contributed by atoms with van der Waals surface area (Å²) in [5.74, 6) is 0.443. The number of amides is 1. The van der Waals surface area contributed by atoms with Crippen LogP contribution in [0.4, 0.5) is 5.69 Å². The third kappa shape index (κ3) is 4.71. The quantitative estimate of drug-likeness (QED) is 0.619. The molecule has 0 bridgehead atoms. The van der Waals surface area contributed by atoms with E-state index in [2.05, 4.69) is 41.7 Å². The molecule has 0 spiro atoms. The molecule has 1 aromatic heterocycles. The lowest BCUT2D eigenvalue weighted by molar-refractivity contribution is 0.0746. The topological polar surface area (TPSA) is 82.9 Å². The number of aryl methyl sites for hydroxylation is 1. The lowest BCUT2D eigenvalue weighted by Gasteiger charge is -2.37. The molecule has 1 amide bonds. The van der Waals surface area contributed by atoms with E-state index in [9.17, 15) is 13.2 Å². The fraction of sp³-hybridized carbons (Fsp3) is 0.292. The first-order chi connectivity index (χ1) is 15.3. The number of rotatable bonds is 6. The lowest BCUT2D eigenvalue weighted by Crippen LogP contribution is -2.49. The maximum atomic E-state index is 12.9. The van der Waals surface area contributed by atoms with Gasteiger partial charge in [-0.25, -0.2) is 13.1 Å². The standard InChI is InChI=1S/C24H27N3O4S/c1-18-5-3-7-23(19(18)2)26-12-14-27(15-13-26)24(28)20-8-10-22(11-9-20)32(29,30)25-17-21-6-4-16-31-21/h3-11,16,25H,12-15,17H2,1-2H3. The van der Waals surface area contributed by atoms with Crippen molar-refractivity contribution in [1.29, 1.82) is 0 Å². The number of nitrogens with zero attached hydrogens (tertiary/aromatic N) is 2. The molecule has 168 valence electrons. The first-order valence-electron chi connectivity index (χ1n) is 10.6. The van der Waals surface area contributed by atoms with Crippen molar-refractivity contribution in [3.05, 3.63) is 83.3 Å². The van der Waals surface area contributed by atoms with Crippen molar-refractivity contribution in [2.45, 2.75) is 25.3 Å². The van der Waals surface area contributed by atoms with Gasteiger partial charge in [-0.05, 0) is 67.4 Å². The van der Waals surface area contributed by atoms with Gasteiger partial charge in [0.1, 0.15) is 5.76 Å². The smallest absolute Gasteiger partial charge is 0.253 e. The number of benzene rings is 2. The average molecular weight is 454 g/mol. The Kier molecular flexibility index (Phi) is 6.34. The van der Waals surface area contributed by atoms with Gasteiger partial charge in [-0.2, -0.15) is 0 Å². The molecule has 1 N–H and O–H groups in total. The van der Waals surface area contributed by atoms with E-state index in [1.807, 2.05) is 4.90 Å². The van der Waals surface area contributed by atoms with Gasteiger partial charge in [-0.1, -0.05) is 12.1 Å². The van der Waals surface area contributed by atoms with Crippen LogP contribution in [0.3, 0.4) is 0 Å². The molecule has 1 aliphatic rings. The number of hydrogen-bond donors (Lipinski definition) is 1. The summed E-state index contributed by atoms with van der Waals surface area (Å²) in [5, 5.41) is 0. The maximum absolute atomic E-state index is 12.9. The zero-order chi connectivity index (χ0) is 22.7. The van der Waals surface area contributed by atoms with E-state index >= 15 is 0 Å². The third-order valence-electron chi connectivity index (χ3n) is 5.91. The first-order valence-corrected chi connectivity index (χ1v) is 12.1. The summed E-state index contributed by atoms with van der Waals surface area (Å²) in [6.45, 7) is 7.07. The van der Waals surface area contributed by atoms with E-state index in [1.54, 1.807) is 24.3 Å². The van der Waals surface area contributed by atoms with E-state index in [4.69, 9.17) is 4.42 Å². The molecule has 8 heteroatoms. The maximum Gasteiger partial charge on any atom is 0.253 e. The van der Waals surface area contributed by atoms with Crippen LogP contribution in [0.25, 0.3) is 0 Å². The first kappa shape index (κ1) is 22.1. The van der Waals surface area contributed by atoms with Gasteiger partial charge < -0.3 is 14.2 Å². The zero-order valence-electron chi connectivity index (χ0n) is 18.2. The van der Waals surface area contributed by atoms with Crippen LogP contribution < -0.4 is 9.62 Å². The van der Waals surface area contributed by atoms with Crippen molar-refractivity contribution in [2.75, 3.05) is 31.1 Å². The number of hydrogen-bond acceptors (Lipinski definition) is 5. The number of carbonyl (C=O) groups excluding carboxylic acids is 1. The van der Waals surface area contributed by atoms with E-state index in [0.29, 0.717) is 24.4 Å². The number of carbonyl (C=O) groups is 1. The van der Waals surface area contributed by atoms with Gasteiger partial charge in [-0.3, -0.25) is 4.79 Å². The predicted octanol–water partition coefficient (Wildman–Crippen LogP) is 3.34. The predicted molar refractivity (Wildman–Crippen MR) is 123 cm³/mol. The van der Waals surface area contributed by atoms with Gasteiger partial charge >= 0.3 is 0 Å². The molecule has 0 aliphatic carbocycles. The highest BCUT2D eigenvalue weighted by molar-refractivity contribution is 7.89. The summed E-state index contributed by atoms with van der Waals surface area (Å²) in [6, 6.07) is 15.8. The van der Waals surface area contributed by atoms with E-state index < -0.39 is 10.0 Å². The average Bonchev–Trinajstić information content (AvgIpc) is 3.33. The second-order valence-corrected chi connectivity index (χ2v) is 9.69. The fourth-order valence-electron chi connectivity index (χ4n) is 3.85. The molecule has 7 nitrogen and oxygen atoms in total. The Morgan fingerprint density at radius 2 is 1.69 bits per heavy atom. The molecule has 1 fully saturated rings. The van der Waals surface area contributed by atoms with Gasteiger partial charge in [0.2, 0.25) is 10.0 Å². The monoisotopic (exact) mass is 453 g/mol. The Balaban J connectivity index is 1.37. The highest BCUT2D eigenvalue weighted by Gasteiger charge is 2.24. The molecule has 1 saturated heterocycles. The van der Waals surface area contributed by atoms with E-state index in [-0.39, 0.29) is 17.3 Å². The van der Waals surface area contributed by atoms with Gasteiger partial charge in [0, 0.05) is 37.4 Å². The Labute approximate surface area is 188 Å². The van der Waals surface area contributed by atoms with Crippen LogP contribution in [0, 0.1) is 13.8 Å². The minimum absolute atomic E-state index is 0.0701. The molecule has 0 radical (unpaired) electrons. The van der Waals surface area contributed by atoms with Gasteiger partial charge in [0.05, 0.1) is 17.7 Å². The van der Waals surface area contributed by atoms with Crippen LogP contribution in [0.15, 0.2) is 70.2 Å². The SMILES string of the molecule is Cc1cccc(N2CCN(C(=O)c3ccc(S(=O)(=O)NCc4ccco4)cc3)CC2)c1C. The number of sulfonamides is 1. The Bertz CT molecular complexity index is 1180. The molecular formula is C24H27N3O4S. The normalized spacial score (nSPS) is 14.6. The third-order valence-corrected chi connectivity index (χ3v) is 7.33. The second kappa shape index (κ2) is 9.18. The van der Waals surface area contributed by atoms with Gasteiger partial charge in [0.15, 0.2) is 0 Å². The fourth-order valence-corrected chi connectivity index (χ4v) is 4.84. The molecule has 2 aromatic carbocycles. The number of piperazine rings is 1. The summed E-state index contributed by atoms with van der Waals surface area (Å²) in [6.07, 6.45) is 1.49. The van der Waals surface area contributed by atoms with Gasteiger partial charge in [-0.15, -0.1) is 0 Å². The van der Waals surface area contributed by atoms with Gasteiger partial charge in [0.25, 0.3) is 5.91 Å². The number of nitrogens with one attached hydrogen (secondary N) is 1. The summed E-state index contributed by atoms with van der Waals surface area (Å²) in [5.41, 5.74) is 4.23. The molecule has 0 atom stereocenters. The van der Waals surface area contributed by atoms with Crippen LogP contribution in [-0.4, -0.2) is 45.4 Å². The minimum atomic E-state index is -3.69. The molecule has 32 heavy (non-hydrogen) atoms. The molecule has 1 aliphatic heterocycles. The Morgan fingerprint density at radius 3 is 2.34 bits per heavy atom. The highest BCUT2D eigenvalue weighted by atomic mass is 32.2. The largest absolute Gasteiger partial charge is 0.468 e.